The van der Waals surface area contributed by atoms with Crippen molar-refractivity contribution in [3.05, 3.63) is 77.9 Å². The molecule has 0 atom stereocenters. The minimum absolute atomic E-state index is 0.0810. The number of carbonyl (C=O) groups is 1. The van der Waals surface area contributed by atoms with E-state index >= 15 is 0 Å². The van der Waals surface area contributed by atoms with E-state index in [1.807, 2.05) is 60.7 Å². The van der Waals surface area contributed by atoms with Gasteiger partial charge in [0.2, 0.25) is 12.7 Å². The molecule has 3 aromatic carbocycles. The van der Waals surface area contributed by atoms with Gasteiger partial charge in [-0.2, -0.15) is 0 Å². The zero-order valence-corrected chi connectivity index (χ0v) is 15.6. The maximum Gasteiger partial charge on any atom is 0.232 e. The van der Waals surface area contributed by atoms with Gasteiger partial charge in [-0.05, 0) is 24.3 Å². The molecule has 0 saturated heterocycles. The van der Waals surface area contributed by atoms with Crippen molar-refractivity contribution >= 4 is 5.91 Å². The Morgan fingerprint density at radius 2 is 1.59 bits per heavy atom. The van der Waals surface area contributed by atoms with E-state index in [9.17, 15) is 4.79 Å². The second-order valence-corrected chi connectivity index (χ2v) is 6.77. The van der Waals surface area contributed by atoms with Crippen LogP contribution in [0, 0.1) is 0 Å². The Kier molecular flexibility index (Phi) is 4.44. The molecule has 0 spiro atoms. The van der Waals surface area contributed by atoms with E-state index in [4.69, 9.17) is 18.9 Å². The van der Waals surface area contributed by atoms with Crippen LogP contribution in [0.25, 0.3) is 0 Å². The fraction of sp³-hybridized carbons (Fsp3) is 0.174. The summed E-state index contributed by atoms with van der Waals surface area (Å²) in [7, 11) is 0. The van der Waals surface area contributed by atoms with Crippen molar-refractivity contribution in [1.82, 2.24) is 5.32 Å². The van der Waals surface area contributed by atoms with E-state index < -0.39 is 5.92 Å². The van der Waals surface area contributed by atoms with Crippen molar-refractivity contribution in [2.24, 2.45) is 0 Å². The number of hydrogen-bond donors (Lipinski definition) is 1. The number of rotatable bonds is 5. The highest BCUT2D eigenvalue weighted by Gasteiger charge is 2.32. The lowest BCUT2D eigenvalue weighted by atomic mass is 9.87. The van der Waals surface area contributed by atoms with Gasteiger partial charge in [0.25, 0.3) is 0 Å². The monoisotopic (exact) mass is 389 g/mol. The van der Waals surface area contributed by atoms with Crippen LogP contribution >= 0.6 is 0 Å². The van der Waals surface area contributed by atoms with Crippen LogP contribution in [-0.2, 0) is 4.79 Å². The summed E-state index contributed by atoms with van der Waals surface area (Å²) < 4.78 is 22.3. The van der Waals surface area contributed by atoms with Gasteiger partial charge in [-0.3, -0.25) is 4.79 Å². The smallest absolute Gasteiger partial charge is 0.232 e. The lowest BCUT2D eigenvalue weighted by Gasteiger charge is -2.27. The van der Waals surface area contributed by atoms with Gasteiger partial charge >= 0.3 is 0 Å². The summed E-state index contributed by atoms with van der Waals surface area (Å²) >= 11 is 0. The van der Waals surface area contributed by atoms with Crippen LogP contribution in [0.1, 0.15) is 17.0 Å². The predicted octanol–water partition coefficient (Wildman–Crippen LogP) is 3.85. The molecule has 6 nitrogen and oxygen atoms in total. The fourth-order valence-corrected chi connectivity index (χ4v) is 3.60. The average Bonchev–Trinajstić information content (AvgIpc) is 3.22. The first-order valence-corrected chi connectivity index (χ1v) is 9.45. The number of carbonyl (C=O) groups excluding carboxylic acids is 1. The highest BCUT2D eigenvalue weighted by Crippen LogP contribution is 2.43. The Balaban J connectivity index is 1.25. The predicted molar refractivity (Wildman–Crippen MR) is 106 cm³/mol. The molecule has 2 aliphatic rings. The molecule has 0 unspecified atom stereocenters. The van der Waals surface area contributed by atoms with Crippen LogP contribution in [0.3, 0.4) is 0 Å². The standard InChI is InChI=1S/C23H19NO5/c25-23(24-11-12-26-15-9-10-20-21(13-15)28-14-27-20)22-16-5-1-3-7-18(16)29-19-8-4-2-6-17(19)22/h1-10,13,22H,11-12,14H2,(H,24,25). The molecule has 0 bridgehead atoms. The first-order chi connectivity index (χ1) is 14.3. The third-order valence-electron chi connectivity index (χ3n) is 4.96. The summed E-state index contributed by atoms with van der Waals surface area (Å²) in [6, 6.07) is 20.7. The van der Waals surface area contributed by atoms with Crippen LogP contribution in [0.4, 0.5) is 0 Å². The molecule has 0 radical (unpaired) electrons. The van der Waals surface area contributed by atoms with E-state index in [1.165, 1.54) is 0 Å². The number of nitrogens with one attached hydrogen (secondary N) is 1. The number of para-hydroxylation sites is 2. The lowest BCUT2D eigenvalue weighted by Crippen LogP contribution is -2.34. The maximum absolute atomic E-state index is 13.0. The summed E-state index contributed by atoms with van der Waals surface area (Å²) in [6.07, 6.45) is 0. The average molecular weight is 389 g/mol. The van der Waals surface area contributed by atoms with E-state index in [2.05, 4.69) is 5.32 Å². The number of benzene rings is 3. The van der Waals surface area contributed by atoms with Crippen LogP contribution in [0.2, 0.25) is 0 Å². The summed E-state index contributed by atoms with van der Waals surface area (Å²) in [5, 5.41) is 2.98. The van der Waals surface area contributed by atoms with Gasteiger partial charge in [-0.1, -0.05) is 36.4 Å². The van der Waals surface area contributed by atoms with Crippen LogP contribution in [-0.4, -0.2) is 25.9 Å². The SMILES string of the molecule is O=C(NCCOc1ccc2c(c1)OCO2)C1c2ccccc2Oc2ccccc21. The Morgan fingerprint density at radius 1 is 0.897 bits per heavy atom. The molecule has 0 aromatic heterocycles. The number of amides is 1. The molecule has 2 heterocycles. The van der Waals surface area contributed by atoms with Crippen molar-refractivity contribution < 1.29 is 23.7 Å². The van der Waals surface area contributed by atoms with Crippen LogP contribution in [0.5, 0.6) is 28.7 Å². The second kappa shape index (κ2) is 7.39. The molecule has 2 aliphatic heterocycles. The number of fused-ring (bicyclic) bond motifs is 3. The Bertz CT molecular complexity index is 1020. The van der Waals surface area contributed by atoms with E-state index in [1.54, 1.807) is 6.07 Å². The highest BCUT2D eigenvalue weighted by atomic mass is 16.7. The molecule has 5 rings (SSSR count). The van der Waals surface area contributed by atoms with Crippen molar-refractivity contribution in [2.75, 3.05) is 19.9 Å². The number of ether oxygens (including phenoxy) is 4. The van der Waals surface area contributed by atoms with Gasteiger partial charge in [-0.25, -0.2) is 0 Å². The molecule has 146 valence electrons. The third-order valence-corrected chi connectivity index (χ3v) is 4.96. The van der Waals surface area contributed by atoms with E-state index in [0.29, 0.717) is 41.9 Å². The van der Waals surface area contributed by atoms with Crippen molar-refractivity contribution in [1.29, 1.82) is 0 Å². The molecule has 1 N–H and O–H groups in total. The van der Waals surface area contributed by atoms with Crippen LogP contribution < -0.4 is 24.3 Å². The van der Waals surface area contributed by atoms with Gasteiger partial charge in [0, 0.05) is 17.2 Å². The van der Waals surface area contributed by atoms with Gasteiger partial charge in [0.05, 0.1) is 12.5 Å². The van der Waals surface area contributed by atoms with Gasteiger partial charge in [0.15, 0.2) is 11.5 Å². The zero-order chi connectivity index (χ0) is 19.6. The topological polar surface area (TPSA) is 66.0 Å². The number of hydrogen-bond acceptors (Lipinski definition) is 5. The fourth-order valence-electron chi connectivity index (χ4n) is 3.60. The van der Waals surface area contributed by atoms with Crippen LogP contribution in [0.15, 0.2) is 66.7 Å². The second-order valence-electron chi connectivity index (χ2n) is 6.77. The molecule has 1 amide bonds. The first-order valence-electron chi connectivity index (χ1n) is 9.45. The maximum atomic E-state index is 13.0. The van der Waals surface area contributed by atoms with Crippen molar-refractivity contribution in [3.63, 3.8) is 0 Å². The summed E-state index contributed by atoms with van der Waals surface area (Å²) in [6.45, 7) is 0.954. The van der Waals surface area contributed by atoms with E-state index in [0.717, 1.165) is 11.1 Å². The zero-order valence-electron chi connectivity index (χ0n) is 15.6. The largest absolute Gasteiger partial charge is 0.492 e. The minimum Gasteiger partial charge on any atom is -0.492 e. The van der Waals surface area contributed by atoms with Gasteiger partial charge in [0.1, 0.15) is 23.9 Å². The summed E-state index contributed by atoms with van der Waals surface area (Å²) in [4.78, 5) is 13.0. The van der Waals surface area contributed by atoms with E-state index in [-0.39, 0.29) is 12.7 Å². The minimum atomic E-state index is -0.415. The summed E-state index contributed by atoms with van der Waals surface area (Å²) in [5.74, 6) is 2.98. The quantitative estimate of drug-likeness (QED) is 0.672. The summed E-state index contributed by atoms with van der Waals surface area (Å²) in [5.41, 5.74) is 1.72. The molecule has 0 aliphatic carbocycles. The Hall–Kier alpha value is -3.67. The molecule has 29 heavy (non-hydrogen) atoms. The molecule has 0 saturated carbocycles. The Labute approximate surface area is 168 Å². The molecule has 3 aromatic rings. The highest BCUT2D eigenvalue weighted by molar-refractivity contribution is 5.89. The molecular weight excluding hydrogens is 370 g/mol. The lowest BCUT2D eigenvalue weighted by molar-refractivity contribution is -0.121. The molecular formula is C23H19NO5. The van der Waals surface area contributed by atoms with Crippen molar-refractivity contribution in [2.45, 2.75) is 5.92 Å². The first kappa shape index (κ1) is 17.4. The molecule has 6 heteroatoms. The van der Waals surface area contributed by atoms with Gasteiger partial charge < -0.3 is 24.3 Å². The normalized spacial score (nSPS) is 13.8. The van der Waals surface area contributed by atoms with Crippen molar-refractivity contribution in [3.8, 4) is 28.7 Å². The van der Waals surface area contributed by atoms with Gasteiger partial charge in [-0.15, -0.1) is 0 Å². The Morgan fingerprint density at radius 3 is 2.34 bits per heavy atom. The molecule has 0 fully saturated rings. The third kappa shape index (κ3) is 3.33.